The predicted octanol–water partition coefficient (Wildman–Crippen LogP) is 6.41. The second-order valence-electron chi connectivity index (χ2n) is 8.29. The maximum atomic E-state index is 12.1. The van der Waals surface area contributed by atoms with Crippen molar-refractivity contribution in [3.05, 3.63) is 65.6 Å². The van der Waals surface area contributed by atoms with Gasteiger partial charge in [0.2, 0.25) is 8.32 Å². The lowest BCUT2D eigenvalue weighted by atomic mass is 9.90. The topological polar surface area (TPSA) is 39.4 Å². The molecule has 0 N–H and O–H groups in total. The summed E-state index contributed by atoms with van der Waals surface area (Å²) in [7, 11) is -1.95. The molecule has 2 rings (SSSR count). The summed E-state index contributed by atoms with van der Waals surface area (Å²) in [6, 6.07) is 7.41. The molecule has 0 aliphatic carbocycles. The molecule has 0 unspecified atom stereocenters. The van der Waals surface area contributed by atoms with Crippen LogP contribution in [0.2, 0.25) is 18.1 Å². The number of fused-ring (bicyclic) bond motifs is 1. The lowest BCUT2D eigenvalue weighted by molar-refractivity contribution is 0.490. The zero-order valence-corrected chi connectivity index (χ0v) is 17.6. The average Bonchev–Trinajstić information content (AvgIpc) is 2.52. The van der Waals surface area contributed by atoms with Crippen molar-refractivity contribution in [3.8, 4) is 5.75 Å². The largest absolute Gasteiger partial charge is 0.543 e. The Bertz CT molecular complexity index is 846. The van der Waals surface area contributed by atoms with Crippen LogP contribution < -0.4 is 10.1 Å². The summed E-state index contributed by atoms with van der Waals surface area (Å²) in [4.78, 5) is 12.1. The molecule has 1 aromatic carbocycles. The van der Waals surface area contributed by atoms with E-state index in [1.54, 1.807) is 6.07 Å². The van der Waals surface area contributed by atoms with Crippen molar-refractivity contribution < 1.29 is 8.84 Å². The molecular weight excluding hydrogens is 340 g/mol. The van der Waals surface area contributed by atoms with Gasteiger partial charge in [-0.05, 0) is 54.6 Å². The first-order valence-corrected chi connectivity index (χ1v) is 12.0. The van der Waals surface area contributed by atoms with E-state index in [0.717, 1.165) is 29.5 Å². The molecule has 3 nitrogen and oxygen atoms in total. The Hall–Kier alpha value is -2.07. The zero-order chi connectivity index (χ0) is 19.5. The van der Waals surface area contributed by atoms with Crippen molar-refractivity contribution in [2.24, 2.45) is 0 Å². The molecule has 0 saturated heterocycles. The third kappa shape index (κ3) is 4.36. The van der Waals surface area contributed by atoms with Gasteiger partial charge in [-0.2, -0.15) is 0 Å². The van der Waals surface area contributed by atoms with E-state index in [-0.39, 0.29) is 16.6 Å². The summed E-state index contributed by atoms with van der Waals surface area (Å²) in [5, 5.41) is 1.05. The smallest absolute Gasteiger partial charge is 0.336 e. The van der Waals surface area contributed by atoms with Crippen LogP contribution in [0.4, 0.5) is 0 Å². The lowest BCUT2D eigenvalue weighted by Crippen LogP contribution is -2.43. The Balaban J connectivity index is 2.52. The van der Waals surface area contributed by atoms with Crippen LogP contribution in [0.3, 0.4) is 0 Å². The fourth-order valence-corrected chi connectivity index (χ4v) is 3.79. The van der Waals surface area contributed by atoms with E-state index in [9.17, 15) is 4.79 Å². The van der Waals surface area contributed by atoms with Gasteiger partial charge in [0.05, 0.1) is 0 Å². The van der Waals surface area contributed by atoms with E-state index in [1.807, 2.05) is 30.4 Å². The minimum absolute atomic E-state index is 0.101. The van der Waals surface area contributed by atoms with Crippen LogP contribution >= 0.6 is 0 Å². The molecular formula is C22H30O3Si. The Labute approximate surface area is 157 Å². The molecule has 1 heterocycles. The third-order valence-corrected chi connectivity index (χ3v) is 9.63. The van der Waals surface area contributed by atoms with E-state index < -0.39 is 8.32 Å². The van der Waals surface area contributed by atoms with Crippen molar-refractivity contribution >= 4 is 19.3 Å². The van der Waals surface area contributed by atoms with Crippen LogP contribution in [-0.2, 0) is 0 Å². The van der Waals surface area contributed by atoms with Crippen molar-refractivity contribution in [2.45, 2.75) is 57.7 Å². The van der Waals surface area contributed by atoms with Crippen LogP contribution in [-0.4, -0.2) is 8.32 Å². The molecule has 0 amide bonds. The molecule has 4 heteroatoms. The van der Waals surface area contributed by atoms with E-state index in [0.29, 0.717) is 5.58 Å². The minimum Gasteiger partial charge on any atom is -0.543 e. The fraction of sp³-hybridized carbons (Fsp3) is 0.409. The summed E-state index contributed by atoms with van der Waals surface area (Å²) in [5.41, 5.74) is 1.21. The molecule has 0 aliphatic rings. The summed E-state index contributed by atoms with van der Waals surface area (Å²) in [5.74, 6) is 0.928. The zero-order valence-electron chi connectivity index (χ0n) is 16.6. The molecule has 0 radical (unpaired) electrons. The number of rotatable bonds is 7. The molecule has 26 heavy (non-hydrogen) atoms. The normalized spacial score (nSPS) is 12.4. The highest BCUT2D eigenvalue weighted by Gasteiger charge is 2.39. The van der Waals surface area contributed by atoms with Crippen LogP contribution in [0.15, 0.2) is 58.8 Å². The number of benzene rings is 1. The van der Waals surface area contributed by atoms with Crippen LogP contribution in [0.25, 0.3) is 11.0 Å². The van der Waals surface area contributed by atoms with Crippen molar-refractivity contribution in [2.75, 3.05) is 0 Å². The molecule has 0 bridgehead atoms. The molecule has 0 fully saturated rings. The van der Waals surface area contributed by atoms with Gasteiger partial charge >= 0.3 is 5.63 Å². The highest BCUT2D eigenvalue weighted by Crippen LogP contribution is 2.38. The molecule has 140 valence electrons. The third-order valence-electron chi connectivity index (χ3n) is 5.27. The Kier molecular flexibility index (Phi) is 5.97. The van der Waals surface area contributed by atoms with Gasteiger partial charge in [0.25, 0.3) is 0 Å². The molecule has 0 spiro atoms. The van der Waals surface area contributed by atoms with Gasteiger partial charge in [-0.1, -0.05) is 32.9 Å². The number of hydrogen-bond donors (Lipinski definition) is 0. The van der Waals surface area contributed by atoms with Crippen molar-refractivity contribution in [1.29, 1.82) is 0 Å². The highest BCUT2D eigenvalue weighted by molar-refractivity contribution is 6.74. The summed E-state index contributed by atoms with van der Waals surface area (Å²) in [6.07, 6.45) is 5.33. The molecule has 0 aliphatic heterocycles. The maximum absolute atomic E-state index is 12.1. The van der Waals surface area contributed by atoms with E-state index in [1.165, 1.54) is 0 Å². The standard InChI is InChI=1S/C22H30O3Si/c1-8-10-16(11-9-2)19-15-21(23)24-20-14-17(12-13-18(19)20)25-26(6,7)22(3,4)5/h8-9,12-16H,1-2,10-11H2,3-7H3. The van der Waals surface area contributed by atoms with E-state index >= 15 is 0 Å². The van der Waals surface area contributed by atoms with E-state index in [2.05, 4.69) is 47.0 Å². The first-order chi connectivity index (χ1) is 12.1. The SMILES string of the molecule is C=CCC(CC=C)c1cc(=O)oc2cc(O[Si](C)(C)C(C)(C)C)ccc12. The molecule has 1 aromatic heterocycles. The Morgan fingerprint density at radius 3 is 2.31 bits per heavy atom. The van der Waals surface area contributed by atoms with E-state index in [4.69, 9.17) is 8.84 Å². The predicted molar refractivity (Wildman–Crippen MR) is 113 cm³/mol. The summed E-state index contributed by atoms with van der Waals surface area (Å²) < 4.78 is 11.8. The van der Waals surface area contributed by atoms with Crippen LogP contribution in [0.1, 0.15) is 45.1 Å². The van der Waals surface area contributed by atoms with Gasteiger partial charge in [-0.25, -0.2) is 4.79 Å². The quantitative estimate of drug-likeness (QED) is 0.321. The highest BCUT2D eigenvalue weighted by atomic mass is 28.4. The van der Waals surface area contributed by atoms with Gasteiger partial charge in [-0.15, -0.1) is 13.2 Å². The summed E-state index contributed by atoms with van der Waals surface area (Å²) >= 11 is 0. The first-order valence-electron chi connectivity index (χ1n) is 9.07. The fourth-order valence-electron chi connectivity index (χ4n) is 2.77. The van der Waals surface area contributed by atoms with Crippen LogP contribution in [0, 0.1) is 0 Å². The second kappa shape index (κ2) is 7.66. The minimum atomic E-state index is -1.95. The van der Waals surface area contributed by atoms with Gasteiger partial charge in [0.15, 0.2) is 0 Å². The van der Waals surface area contributed by atoms with Gasteiger partial charge in [-0.3, -0.25) is 0 Å². The van der Waals surface area contributed by atoms with Gasteiger partial charge in [0, 0.05) is 17.5 Å². The Morgan fingerprint density at radius 2 is 1.77 bits per heavy atom. The average molecular weight is 371 g/mol. The lowest BCUT2D eigenvalue weighted by Gasteiger charge is -2.36. The second-order valence-corrected chi connectivity index (χ2v) is 13.0. The molecule has 0 atom stereocenters. The van der Waals surface area contributed by atoms with Gasteiger partial charge < -0.3 is 8.84 Å². The first kappa shape index (κ1) is 20.2. The number of hydrogen-bond acceptors (Lipinski definition) is 3. The van der Waals surface area contributed by atoms with Crippen LogP contribution in [0.5, 0.6) is 5.75 Å². The molecule has 0 saturated carbocycles. The Morgan fingerprint density at radius 1 is 1.15 bits per heavy atom. The van der Waals surface area contributed by atoms with Gasteiger partial charge in [0.1, 0.15) is 11.3 Å². The maximum Gasteiger partial charge on any atom is 0.336 e. The summed E-state index contributed by atoms with van der Waals surface area (Å²) in [6.45, 7) is 18.7. The van der Waals surface area contributed by atoms with Crippen molar-refractivity contribution in [1.82, 2.24) is 0 Å². The number of allylic oxidation sites excluding steroid dienone is 2. The molecule has 2 aromatic rings. The van der Waals surface area contributed by atoms with Crippen molar-refractivity contribution in [3.63, 3.8) is 0 Å². The monoisotopic (exact) mass is 370 g/mol.